The Morgan fingerprint density at radius 3 is 3.15 bits per heavy atom. The van der Waals surface area contributed by atoms with Crippen molar-refractivity contribution in [3.8, 4) is 0 Å². The Morgan fingerprint density at radius 1 is 1.50 bits per heavy atom. The van der Waals surface area contributed by atoms with E-state index in [1.54, 1.807) is 29.5 Å². The molecular formula is C15H16ClFN2S. The molecule has 1 N–H and O–H groups in total. The average molecular weight is 311 g/mol. The van der Waals surface area contributed by atoms with Gasteiger partial charge in [-0.1, -0.05) is 23.7 Å². The normalized spacial score (nSPS) is 18.1. The van der Waals surface area contributed by atoms with Crippen LogP contribution in [0.2, 0.25) is 5.02 Å². The number of hydrogen-bond acceptors (Lipinski definition) is 3. The summed E-state index contributed by atoms with van der Waals surface area (Å²) in [7, 11) is 1.97. The molecule has 0 fully saturated rings. The lowest BCUT2D eigenvalue weighted by Crippen LogP contribution is -2.21. The van der Waals surface area contributed by atoms with Crippen molar-refractivity contribution >= 4 is 22.9 Å². The number of hydrogen-bond donors (Lipinski definition) is 1. The molecule has 0 aliphatic heterocycles. The van der Waals surface area contributed by atoms with Gasteiger partial charge in [0.2, 0.25) is 0 Å². The molecule has 1 aliphatic carbocycles. The van der Waals surface area contributed by atoms with Crippen LogP contribution in [0.25, 0.3) is 0 Å². The van der Waals surface area contributed by atoms with E-state index in [0.717, 1.165) is 23.5 Å². The maximum atomic E-state index is 13.9. The van der Waals surface area contributed by atoms with Gasteiger partial charge in [0, 0.05) is 11.3 Å². The number of thiazole rings is 1. The van der Waals surface area contributed by atoms with E-state index in [0.29, 0.717) is 18.0 Å². The molecule has 106 valence electrons. The van der Waals surface area contributed by atoms with E-state index in [4.69, 9.17) is 16.6 Å². The Hall–Kier alpha value is -0.970. The van der Waals surface area contributed by atoms with Gasteiger partial charge >= 0.3 is 0 Å². The van der Waals surface area contributed by atoms with Crippen LogP contribution in [-0.2, 0) is 12.8 Å². The molecule has 1 aliphatic rings. The molecule has 1 unspecified atom stereocenters. The van der Waals surface area contributed by atoms with Crippen molar-refractivity contribution in [2.75, 3.05) is 7.05 Å². The molecule has 1 heterocycles. The Labute approximate surface area is 127 Å². The van der Waals surface area contributed by atoms with Crippen LogP contribution in [0, 0.1) is 5.82 Å². The first-order chi connectivity index (χ1) is 9.69. The summed E-state index contributed by atoms with van der Waals surface area (Å²) in [6, 6.07) is 5.47. The summed E-state index contributed by atoms with van der Waals surface area (Å²) in [5.74, 6) is -0.326. The fourth-order valence-electron chi connectivity index (χ4n) is 2.67. The van der Waals surface area contributed by atoms with Gasteiger partial charge in [0.25, 0.3) is 0 Å². The van der Waals surface area contributed by atoms with Crippen LogP contribution >= 0.6 is 22.9 Å². The molecule has 0 amide bonds. The summed E-state index contributed by atoms with van der Waals surface area (Å²) in [6.45, 7) is 0. The van der Waals surface area contributed by atoms with E-state index < -0.39 is 0 Å². The van der Waals surface area contributed by atoms with Crippen molar-refractivity contribution in [3.63, 3.8) is 0 Å². The first kappa shape index (κ1) is 14.0. The van der Waals surface area contributed by atoms with Crippen LogP contribution in [0.15, 0.2) is 18.2 Å². The molecule has 20 heavy (non-hydrogen) atoms. The minimum Gasteiger partial charge on any atom is -0.312 e. The minimum absolute atomic E-state index is 0.178. The van der Waals surface area contributed by atoms with E-state index >= 15 is 0 Å². The smallest absolute Gasteiger partial charge is 0.145 e. The Bertz CT molecular complexity index is 626. The van der Waals surface area contributed by atoms with Crippen LogP contribution in [0.3, 0.4) is 0 Å². The van der Waals surface area contributed by atoms with Gasteiger partial charge in [-0.05, 0) is 37.9 Å². The van der Waals surface area contributed by atoms with E-state index in [-0.39, 0.29) is 10.8 Å². The summed E-state index contributed by atoms with van der Waals surface area (Å²) in [5.41, 5.74) is 1.77. The van der Waals surface area contributed by atoms with Crippen LogP contribution in [0.5, 0.6) is 0 Å². The summed E-state index contributed by atoms with van der Waals surface area (Å²) in [4.78, 5) is 6.06. The van der Waals surface area contributed by atoms with Gasteiger partial charge in [0.05, 0.1) is 21.8 Å². The zero-order valence-electron chi connectivity index (χ0n) is 11.2. The lowest BCUT2D eigenvalue weighted by molar-refractivity contribution is 0.489. The number of fused-ring (bicyclic) bond motifs is 1. The van der Waals surface area contributed by atoms with Crippen molar-refractivity contribution in [1.82, 2.24) is 10.3 Å². The zero-order chi connectivity index (χ0) is 14.1. The van der Waals surface area contributed by atoms with Gasteiger partial charge in [0.1, 0.15) is 5.82 Å². The number of halogens is 2. The van der Waals surface area contributed by atoms with Gasteiger partial charge in [0.15, 0.2) is 0 Å². The summed E-state index contributed by atoms with van der Waals surface area (Å²) >= 11 is 7.53. The second-order valence-electron chi connectivity index (χ2n) is 5.04. The van der Waals surface area contributed by atoms with Crippen molar-refractivity contribution < 1.29 is 4.39 Å². The van der Waals surface area contributed by atoms with Gasteiger partial charge in [-0.25, -0.2) is 9.37 Å². The molecule has 5 heteroatoms. The lowest BCUT2D eigenvalue weighted by Gasteiger charge is -2.19. The number of benzene rings is 1. The summed E-state index contributed by atoms with van der Waals surface area (Å²) in [5, 5.41) is 4.46. The predicted molar refractivity (Wildman–Crippen MR) is 81.1 cm³/mol. The largest absolute Gasteiger partial charge is 0.312 e. The van der Waals surface area contributed by atoms with Crippen molar-refractivity contribution in [2.45, 2.75) is 31.7 Å². The number of aromatic nitrogens is 1. The minimum atomic E-state index is -0.326. The molecule has 0 radical (unpaired) electrons. The topological polar surface area (TPSA) is 24.9 Å². The van der Waals surface area contributed by atoms with Crippen molar-refractivity contribution in [1.29, 1.82) is 0 Å². The molecule has 2 nitrogen and oxygen atoms in total. The number of nitrogens with one attached hydrogen (secondary N) is 1. The highest BCUT2D eigenvalue weighted by molar-refractivity contribution is 7.11. The Kier molecular flexibility index (Phi) is 4.06. The maximum absolute atomic E-state index is 13.9. The third-order valence-electron chi connectivity index (χ3n) is 3.72. The highest BCUT2D eigenvalue weighted by Gasteiger charge is 2.23. The van der Waals surface area contributed by atoms with Crippen molar-refractivity contribution in [3.05, 3.63) is 50.2 Å². The molecule has 0 spiro atoms. The lowest BCUT2D eigenvalue weighted by atomic mass is 9.98. The van der Waals surface area contributed by atoms with Gasteiger partial charge in [-0.3, -0.25) is 0 Å². The molecule has 1 aromatic heterocycles. The predicted octanol–water partition coefficient (Wildman–Crippen LogP) is 4.12. The third-order valence-corrected chi connectivity index (χ3v) is 5.14. The monoisotopic (exact) mass is 310 g/mol. The molecule has 1 atom stereocenters. The summed E-state index contributed by atoms with van der Waals surface area (Å²) in [6.07, 6.45) is 3.91. The quantitative estimate of drug-likeness (QED) is 0.922. The molecule has 0 bridgehead atoms. The number of rotatable bonds is 3. The van der Waals surface area contributed by atoms with E-state index in [2.05, 4.69) is 5.32 Å². The van der Waals surface area contributed by atoms with Gasteiger partial charge in [-0.15, -0.1) is 11.3 Å². The maximum Gasteiger partial charge on any atom is 0.145 e. The molecule has 0 saturated carbocycles. The standard InChI is InChI=1S/C15H16ClFN2S/c1-18-11-6-3-7-12-15(11)19-13(20-12)8-9-4-2-5-10(16)14(9)17/h2,4-5,11,18H,3,6-8H2,1H3. The van der Waals surface area contributed by atoms with Crippen LogP contribution in [0.1, 0.15) is 40.0 Å². The molecule has 0 saturated heterocycles. The van der Waals surface area contributed by atoms with Crippen LogP contribution < -0.4 is 5.32 Å². The molecule has 1 aromatic carbocycles. The Balaban J connectivity index is 1.89. The van der Waals surface area contributed by atoms with Crippen molar-refractivity contribution in [2.24, 2.45) is 0 Å². The zero-order valence-corrected chi connectivity index (χ0v) is 12.8. The first-order valence-electron chi connectivity index (χ1n) is 6.77. The Morgan fingerprint density at radius 2 is 2.35 bits per heavy atom. The fraction of sp³-hybridized carbons (Fsp3) is 0.400. The second kappa shape index (κ2) is 5.80. The van der Waals surface area contributed by atoms with E-state index in [9.17, 15) is 4.39 Å². The van der Waals surface area contributed by atoms with E-state index in [1.165, 1.54) is 11.3 Å². The summed E-state index contributed by atoms with van der Waals surface area (Å²) < 4.78 is 13.9. The van der Waals surface area contributed by atoms with Gasteiger partial charge < -0.3 is 5.32 Å². The second-order valence-corrected chi connectivity index (χ2v) is 6.61. The average Bonchev–Trinajstić information content (AvgIpc) is 2.86. The first-order valence-corrected chi connectivity index (χ1v) is 7.97. The van der Waals surface area contributed by atoms with Gasteiger partial charge in [-0.2, -0.15) is 0 Å². The molecular weight excluding hydrogens is 295 g/mol. The van der Waals surface area contributed by atoms with Crippen LogP contribution in [-0.4, -0.2) is 12.0 Å². The number of nitrogens with zero attached hydrogens (tertiary/aromatic N) is 1. The highest BCUT2D eigenvalue weighted by atomic mass is 35.5. The third kappa shape index (κ3) is 2.60. The SMILES string of the molecule is CNC1CCCc2sc(Cc3cccc(Cl)c3F)nc21. The number of aryl methyl sites for hydroxylation is 1. The molecule has 3 rings (SSSR count). The molecule has 2 aromatic rings. The highest BCUT2D eigenvalue weighted by Crippen LogP contribution is 2.34. The van der Waals surface area contributed by atoms with E-state index in [1.807, 2.05) is 7.05 Å². The fourth-order valence-corrected chi connectivity index (χ4v) is 4.06. The van der Waals surface area contributed by atoms with Crippen LogP contribution in [0.4, 0.5) is 4.39 Å².